The number of hydrogen-bond donors (Lipinski definition) is 0. The van der Waals surface area contributed by atoms with Crippen LogP contribution >= 0.6 is 0 Å². The van der Waals surface area contributed by atoms with Crippen molar-refractivity contribution in [3.63, 3.8) is 0 Å². The number of esters is 2. The maximum absolute atomic E-state index is 11.9. The quantitative estimate of drug-likeness (QED) is 0.241. The molecule has 0 bridgehead atoms. The van der Waals surface area contributed by atoms with Crippen molar-refractivity contribution in [1.82, 2.24) is 0 Å². The maximum atomic E-state index is 11.9. The van der Waals surface area contributed by atoms with Crippen molar-refractivity contribution in [1.29, 1.82) is 0 Å². The Morgan fingerprint density at radius 3 is 2.61 bits per heavy atom. The molecule has 5 aliphatic rings. The van der Waals surface area contributed by atoms with Gasteiger partial charge in [0.15, 0.2) is 0 Å². The molecule has 0 spiro atoms. The van der Waals surface area contributed by atoms with Gasteiger partial charge < -0.3 is 14.2 Å². The molecule has 9 atom stereocenters. The number of rotatable bonds is 8. The molecule has 0 N–H and O–H groups in total. The van der Waals surface area contributed by atoms with E-state index in [4.69, 9.17) is 14.2 Å². The molecule has 212 valence electrons. The third kappa shape index (κ3) is 4.74. The van der Waals surface area contributed by atoms with Crippen LogP contribution in [0.25, 0.3) is 0 Å². The second-order valence-corrected chi connectivity index (χ2v) is 13.7. The molecule has 38 heavy (non-hydrogen) atoms. The highest BCUT2D eigenvalue weighted by atomic mass is 16.5. The summed E-state index contributed by atoms with van der Waals surface area (Å²) in [6.07, 6.45) is 13.8. The SMILES string of the molecule is CCC(=O)OC[C@H](C)CCC1=C(C)[C@H]2[C@@H](C[C@H]3[C@@H]4CC=C5C[C@@H](OC(=O)CC)CC[C@]5(C)[C@H]4CC[C@@]32C)O1. The van der Waals surface area contributed by atoms with Gasteiger partial charge in [-0.05, 0) is 91.9 Å². The summed E-state index contributed by atoms with van der Waals surface area (Å²) >= 11 is 0. The van der Waals surface area contributed by atoms with E-state index >= 15 is 0 Å². The Morgan fingerprint density at radius 2 is 1.87 bits per heavy atom. The fourth-order valence-corrected chi connectivity index (χ4v) is 9.38. The fourth-order valence-electron chi connectivity index (χ4n) is 9.38. The molecule has 1 heterocycles. The third-order valence-electron chi connectivity index (χ3n) is 11.5. The zero-order valence-corrected chi connectivity index (χ0v) is 24.6. The summed E-state index contributed by atoms with van der Waals surface area (Å²) in [4.78, 5) is 23.4. The van der Waals surface area contributed by atoms with E-state index in [1.807, 2.05) is 13.8 Å². The van der Waals surface area contributed by atoms with Gasteiger partial charge in [-0.3, -0.25) is 9.59 Å². The third-order valence-corrected chi connectivity index (χ3v) is 11.5. The van der Waals surface area contributed by atoms with Crippen LogP contribution in [0.15, 0.2) is 23.0 Å². The van der Waals surface area contributed by atoms with Crippen LogP contribution < -0.4 is 0 Å². The first kappa shape index (κ1) is 27.8. The van der Waals surface area contributed by atoms with E-state index < -0.39 is 0 Å². The number of hydrogen-bond acceptors (Lipinski definition) is 5. The summed E-state index contributed by atoms with van der Waals surface area (Å²) in [5, 5.41) is 0. The molecule has 3 fully saturated rings. The highest BCUT2D eigenvalue weighted by Gasteiger charge is 2.63. The van der Waals surface area contributed by atoms with Gasteiger partial charge in [-0.25, -0.2) is 0 Å². The molecule has 0 aromatic heterocycles. The van der Waals surface area contributed by atoms with Gasteiger partial charge in [0.1, 0.15) is 12.2 Å². The van der Waals surface area contributed by atoms with E-state index in [1.54, 1.807) is 5.57 Å². The molecule has 5 heteroatoms. The van der Waals surface area contributed by atoms with Crippen LogP contribution in [0.5, 0.6) is 0 Å². The molecule has 3 saturated carbocycles. The van der Waals surface area contributed by atoms with Crippen molar-refractivity contribution in [2.45, 2.75) is 124 Å². The van der Waals surface area contributed by atoms with E-state index in [0.717, 1.165) is 43.9 Å². The van der Waals surface area contributed by atoms with E-state index in [0.29, 0.717) is 48.7 Å². The Hall–Kier alpha value is -1.78. The van der Waals surface area contributed by atoms with Crippen LogP contribution in [0.2, 0.25) is 0 Å². The summed E-state index contributed by atoms with van der Waals surface area (Å²) in [5.41, 5.74) is 3.63. The number of allylic oxidation sites excluding steroid dienone is 2. The predicted octanol–water partition coefficient (Wildman–Crippen LogP) is 7.54. The molecule has 5 nitrogen and oxygen atoms in total. The van der Waals surface area contributed by atoms with Gasteiger partial charge in [-0.15, -0.1) is 0 Å². The topological polar surface area (TPSA) is 61.8 Å². The van der Waals surface area contributed by atoms with E-state index in [2.05, 4.69) is 33.8 Å². The summed E-state index contributed by atoms with van der Waals surface area (Å²) in [6, 6.07) is 0. The lowest BCUT2D eigenvalue weighted by Crippen LogP contribution is -2.50. The minimum Gasteiger partial charge on any atom is -0.494 e. The molecule has 1 aliphatic heterocycles. The van der Waals surface area contributed by atoms with Crippen LogP contribution in [-0.4, -0.2) is 30.8 Å². The van der Waals surface area contributed by atoms with Gasteiger partial charge in [0.05, 0.1) is 12.4 Å². The van der Waals surface area contributed by atoms with E-state index in [9.17, 15) is 9.59 Å². The standard InChI is InChI=1S/C33H50O5/c1-7-29(34)36-19-20(3)9-12-27-21(4)31-28(38-27)18-26-24-11-10-22-17-23(37-30(35)8-2)13-15-32(22,5)25(24)14-16-33(26,31)6/h10,20,23-26,28,31H,7-9,11-19H2,1-6H3/t20-,23+,24-,25+,26+,28-,31+,32+,33+/m1/s1. The Kier molecular flexibility index (Phi) is 7.79. The molecule has 4 aliphatic carbocycles. The Morgan fingerprint density at radius 1 is 1.11 bits per heavy atom. The molecule has 0 radical (unpaired) electrons. The normalized spacial score (nSPS) is 40.2. The fraction of sp³-hybridized carbons (Fsp3) is 0.818. The van der Waals surface area contributed by atoms with Crippen molar-refractivity contribution in [3.8, 4) is 0 Å². The van der Waals surface area contributed by atoms with E-state index in [1.165, 1.54) is 37.0 Å². The first-order valence-electron chi connectivity index (χ1n) is 15.5. The lowest BCUT2D eigenvalue weighted by atomic mass is 9.47. The second-order valence-electron chi connectivity index (χ2n) is 13.7. The zero-order valence-electron chi connectivity index (χ0n) is 24.6. The van der Waals surface area contributed by atoms with Crippen LogP contribution in [0.3, 0.4) is 0 Å². The molecular weight excluding hydrogens is 476 g/mol. The van der Waals surface area contributed by atoms with Crippen molar-refractivity contribution in [2.24, 2.45) is 40.4 Å². The van der Waals surface area contributed by atoms with Gasteiger partial charge >= 0.3 is 11.9 Å². The second kappa shape index (κ2) is 10.7. The Bertz CT molecular complexity index is 995. The Balaban J connectivity index is 1.26. The number of carbonyl (C=O) groups is 2. The Labute approximate surface area is 230 Å². The molecule has 0 aromatic carbocycles. The van der Waals surface area contributed by atoms with Gasteiger partial charge in [0.25, 0.3) is 0 Å². The number of carbonyl (C=O) groups excluding carboxylic acids is 2. The average molecular weight is 527 g/mol. The first-order valence-corrected chi connectivity index (χ1v) is 15.5. The lowest BCUT2D eigenvalue weighted by Gasteiger charge is -2.58. The summed E-state index contributed by atoms with van der Waals surface area (Å²) < 4.78 is 17.9. The van der Waals surface area contributed by atoms with Crippen LogP contribution in [0.1, 0.15) is 112 Å². The molecule has 0 amide bonds. The van der Waals surface area contributed by atoms with Crippen molar-refractivity contribution in [3.05, 3.63) is 23.0 Å². The summed E-state index contributed by atoms with van der Waals surface area (Å²) in [6.45, 7) is 13.8. The molecule has 0 saturated heterocycles. The predicted molar refractivity (Wildman–Crippen MR) is 148 cm³/mol. The van der Waals surface area contributed by atoms with Crippen LogP contribution in [-0.2, 0) is 23.8 Å². The van der Waals surface area contributed by atoms with Crippen LogP contribution in [0, 0.1) is 40.4 Å². The van der Waals surface area contributed by atoms with Gasteiger partial charge in [-0.2, -0.15) is 0 Å². The lowest BCUT2D eigenvalue weighted by molar-refractivity contribution is -0.151. The molecular formula is C33H50O5. The van der Waals surface area contributed by atoms with Crippen LogP contribution in [0.4, 0.5) is 0 Å². The summed E-state index contributed by atoms with van der Waals surface area (Å²) in [5.74, 6) is 4.11. The molecule has 0 unspecified atom stereocenters. The van der Waals surface area contributed by atoms with Gasteiger partial charge in [0.2, 0.25) is 0 Å². The smallest absolute Gasteiger partial charge is 0.305 e. The largest absolute Gasteiger partial charge is 0.494 e. The van der Waals surface area contributed by atoms with Gasteiger partial charge in [-0.1, -0.05) is 46.3 Å². The van der Waals surface area contributed by atoms with E-state index in [-0.39, 0.29) is 23.5 Å². The van der Waals surface area contributed by atoms with Gasteiger partial charge in [0, 0.05) is 31.6 Å². The monoisotopic (exact) mass is 526 g/mol. The molecule has 0 aromatic rings. The minimum absolute atomic E-state index is 0.0593. The maximum Gasteiger partial charge on any atom is 0.305 e. The van der Waals surface area contributed by atoms with Crippen molar-refractivity contribution in [2.75, 3.05) is 6.61 Å². The first-order chi connectivity index (χ1) is 18.1. The average Bonchev–Trinajstić information content (AvgIpc) is 3.38. The highest BCUT2D eigenvalue weighted by molar-refractivity contribution is 5.69. The molecule has 5 rings (SSSR count). The zero-order chi connectivity index (χ0) is 27.2. The number of ether oxygens (including phenoxy) is 3. The highest BCUT2D eigenvalue weighted by Crippen LogP contribution is 2.69. The summed E-state index contributed by atoms with van der Waals surface area (Å²) in [7, 11) is 0. The minimum atomic E-state index is -0.111. The van der Waals surface area contributed by atoms with Crippen molar-refractivity contribution >= 4 is 11.9 Å². The van der Waals surface area contributed by atoms with Crippen molar-refractivity contribution < 1.29 is 23.8 Å². The number of fused-ring (bicyclic) bond motifs is 7.